The van der Waals surface area contributed by atoms with Crippen molar-refractivity contribution in [2.45, 2.75) is 52.2 Å². The predicted octanol–water partition coefficient (Wildman–Crippen LogP) is 1.98. The van der Waals surface area contributed by atoms with Crippen molar-refractivity contribution in [2.75, 3.05) is 6.61 Å². The van der Waals surface area contributed by atoms with Crippen molar-refractivity contribution in [1.82, 2.24) is 15.1 Å². The summed E-state index contributed by atoms with van der Waals surface area (Å²) in [5.74, 6) is 0. The van der Waals surface area contributed by atoms with Crippen LogP contribution in [-0.2, 0) is 6.54 Å². The molecule has 0 fully saturated rings. The van der Waals surface area contributed by atoms with Crippen molar-refractivity contribution in [3.05, 3.63) is 16.9 Å². The van der Waals surface area contributed by atoms with Crippen molar-refractivity contribution < 1.29 is 5.11 Å². The van der Waals surface area contributed by atoms with Gasteiger partial charge in [0.05, 0.1) is 17.3 Å². The summed E-state index contributed by atoms with van der Waals surface area (Å²) in [4.78, 5) is 0. The number of nitrogens with one attached hydrogen (secondary N) is 1. The molecular formula is C12H22ClN3O. The van der Waals surface area contributed by atoms with Crippen LogP contribution in [0.1, 0.15) is 32.9 Å². The Bertz CT molecular complexity index is 345. The molecule has 0 saturated carbocycles. The fraction of sp³-hybridized carbons (Fsp3) is 0.750. The number of aliphatic hydroxyl groups excluding tert-OH is 1. The summed E-state index contributed by atoms with van der Waals surface area (Å²) in [6.45, 7) is 8.90. The van der Waals surface area contributed by atoms with Crippen LogP contribution in [0.4, 0.5) is 0 Å². The fourth-order valence-electron chi connectivity index (χ4n) is 1.86. The Morgan fingerprint density at radius 2 is 2.24 bits per heavy atom. The molecule has 17 heavy (non-hydrogen) atoms. The number of aryl methyl sites for hydroxylation is 2. The van der Waals surface area contributed by atoms with E-state index in [0.29, 0.717) is 11.1 Å². The van der Waals surface area contributed by atoms with E-state index in [1.54, 1.807) is 0 Å². The summed E-state index contributed by atoms with van der Waals surface area (Å²) in [5, 5.41) is 17.8. The summed E-state index contributed by atoms with van der Waals surface area (Å²) >= 11 is 5.95. The zero-order chi connectivity index (χ0) is 13.1. The molecule has 0 aromatic carbocycles. The average Bonchev–Trinajstić information content (AvgIpc) is 2.55. The van der Waals surface area contributed by atoms with Gasteiger partial charge in [0.1, 0.15) is 0 Å². The molecule has 0 amide bonds. The molecule has 0 aliphatic rings. The minimum atomic E-state index is -0.277. The smallest absolute Gasteiger partial charge is 0.0814 e. The van der Waals surface area contributed by atoms with Gasteiger partial charge in [0.15, 0.2) is 0 Å². The third kappa shape index (κ3) is 4.30. The summed E-state index contributed by atoms with van der Waals surface area (Å²) in [7, 11) is 0. The van der Waals surface area contributed by atoms with E-state index in [1.165, 1.54) is 0 Å². The molecule has 5 heteroatoms. The third-order valence-electron chi connectivity index (χ3n) is 2.77. The van der Waals surface area contributed by atoms with Gasteiger partial charge in [-0.15, -0.1) is 0 Å². The van der Waals surface area contributed by atoms with Crippen molar-refractivity contribution in [2.24, 2.45) is 0 Å². The van der Waals surface area contributed by atoms with E-state index >= 15 is 0 Å². The molecule has 1 atom stereocenters. The van der Waals surface area contributed by atoms with Gasteiger partial charge in [-0.25, -0.2) is 0 Å². The second-order valence-electron chi connectivity index (χ2n) is 5.09. The lowest BCUT2D eigenvalue weighted by Crippen LogP contribution is -2.49. The average molecular weight is 260 g/mol. The number of hydrogen-bond acceptors (Lipinski definition) is 3. The lowest BCUT2D eigenvalue weighted by molar-refractivity contribution is 0.151. The minimum Gasteiger partial charge on any atom is -0.394 e. The normalized spacial score (nSPS) is 15.2. The lowest BCUT2D eigenvalue weighted by Gasteiger charge is -2.31. The molecule has 1 aromatic heterocycles. The first-order chi connectivity index (χ1) is 7.86. The van der Waals surface area contributed by atoms with Crippen LogP contribution in [0.5, 0.6) is 0 Å². The van der Waals surface area contributed by atoms with Crippen LogP contribution < -0.4 is 5.32 Å². The molecule has 2 N–H and O–H groups in total. The first-order valence-corrected chi connectivity index (χ1v) is 6.32. The molecule has 0 bridgehead atoms. The van der Waals surface area contributed by atoms with Crippen LogP contribution in [0, 0.1) is 6.92 Å². The lowest BCUT2D eigenvalue weighted by atomic mass is 9.98. The second kappa shape index (κ2) is 5.85. The van der Waals surface area contributed by atoms with Crippen LogP contribution >= 0.6 is 11.6 Å². The summed E-state index contributed by atoms with van der Waals surface area (Å²) in [6.07, 6.45) is 2.63. The van der Waals surface area contributed by atoms with Crippen LogP contribution in [0.15, 0.2) is 6.20 Å². The van der Waals surface area contributed by atoms with Gasteiger partial charge in [0.25, 0.3) is 0 Å². The maximum atomic E-state index is 9.45. The van der Waals surface area contributed by atoms with Gasteiger partial charge >= 0.3 is 0 Å². The van der Waals surface area contributed by atoms with Gasteiger partial charge in [-0.2, -0.15) is 5.10 Å². The van der Waals surface area contributed by atoms with Crippen LogP contribution in [0.25, 0.3) is 0 Å². The maximum Gasteiger partial charge on any atom is 0.0814 e. The molecule has 1 rings (SSSR count). The quantitative estimate of drug-likeness (QED) is 0.822. The van der Waals surface area contributed by atoms with Gasteiger partial charge in [0.2, 0.25) is 0 Å². The molecule has 1 unspecified atom stereocenters. The summed E-state index contributed by atoms with van der Waals surface area (Å²) in [6, 6.07) is 0.343. The van der Waals surface area contributed by atoms with Crippen molar-refractivity contribution in [3.8, 4) is 0 Å². The van der Waals surface area contributed by atoms with E-state index < -0.39 is 0 Å². The number of halogens is 1. The van der Waals surface area contributed by atoms with Gasteiger partial charge in [-0.3, -0.25) is 4.68 Å². The molecule has 4 nitrogen and oxygen atoms in total. The highest BCUT2D eigenvalue weighted by molar-refractivity contribution is 6.31. The van der Waals surface area contributed by atoms with Gasteiger partial charge in [-0.05, 0) is 20.3 Å². The summed E-state index contributed by atoms with van der Waals surface area (Å²) in [5.41, 5.74) is 0.565. The van der Waals surface area contributed by atoms with Crippen molar-refractivity contribution in [3.63, 3.8) is 0 Å². The monoisotopic (exact) mass is 259 g/mol. The Kier molecular flexibility index (Phi) is 4.98. The largest absolute Gasteiger partial charge is 0.394 e. The van der Waals surface area contributed by atoms with Crippen LogP contribution in [0.3, 0.4) is 0 Å². The first kappa shape index (κ1) is 14.5. The Hall–Kier alpha value is -0.580. The first-order valence-electron chi connectivity index (χ1n) is 5.94. The third-order valence-corrected chi connectivity index (χ3v) is 3.14. The Morgan fingerprint density at radius 3 is 2.65 bits per heavy atom. The molecule has 1 aromatic rings. The van der Waals surface area contributed by atoms with Gasteiger partial charge < -0.3 is 10.4 Å². The molecule has 0 spiro atoms. The minimum absolute atomic E-state index is 0.110. The highest BCUT2D eigenvalue weighted by atomic mass is 35.5. The molecule has 0 radical (unpaired) electrons. The van der Waals surface area contributed by atoms with E-state index in [2.05, 4.69) is 24.3 Å². The molecule has 0 saturated heterocycles. The van der Waals surface area contributed by atoms with Gasteiger partial charge in [-0.1, -0.05) is 25.4 Å². The Labute approximate surface area is 108 Å². The van der Waals surface area contributed by atoms with Crippen molar-refractivity contribution in [1.29, 1.82) is 0 Å². The number of hydrogen-bond donors (Lipinski definition) is 2. The molecule has 0 aliphatic heterocycles. The van der Waals surface area contributed by atoms with Crippen molar-refractivity contribution >= 4 is 11.6 Å². The SMILES string of the molecule is Cc1nn(CCC(C)(CO)NC(C)C)cc1Cl. The van der Waals surface area contributed by atoms with Crippen LogP contribution in [-0.4, -0.2) is 33.1 Å². The second-order valence-corrected chi connectivity index (χ2v) is 5.50. The number of nitrogens with zero attached hydrogens (tertiary/aromatic N) is 2. The van der Waals surface area contributed by atoms with E-state index in [9.17, 15) is 5.11 Å². The Balaban J connectivity index is 2.58. The molecule has 98 valence electrons. The number of aromatic nitrogens is 2. The van der Waals surface area contributed by atoms with E-state index in [0.717, 1.165) is 18.7 Å². The number of aliphatic hydroxyl groups is 1. The standard InChI is InChI=1S/C12H22ClN3O/c1-9(2)14-12(4,8-17)5-6-16-7-11(13)10(3)15-16/h7,9,14,17H,5-6,8H2,1-4H3. The molecule has 1 heterocycles. The van der Waals surface area contributed by atoms with E-state index in [4.69, 9.17) is 11.6 Å². The molecular weight excluding hydrogens is 238 g/mol. The highest BCUT2D eigenvalue weighted by Crippen LogP contribution is 2.15. The van der Waals surface area contributed by atoms with Crippen LogP contribution in [0.2, 0.25) is 5.02 Å². The zero-order valence-electron chi connectivity index (χ0n) is 11.0. The molecule has 0 aliphatic carbocycles. The topological polar surface area (TPSA) is 50.1 Å². The summed E-state index contributed by atoms with van der Waals surface area (Å²) < 4.78 is 1.83. The highest BCUT2D eigenvalue weighted by Gasteiger charge is 2.23. The van der Waals surface area contributed by atoms with E-state index in [1.807, 2.05) is 24.7 Å². The Morgan fingerprint density at radius 1 is 1.59 bits per heavy atom. The number of rotatable bonds is 6. The maximum absolute atomic E-state index is 9.45. The zero-order valence-corrected chi connectivity index (χ0v) is 11.8. The fourth-order valence-corrected chi connectivity index (χ4v) is 2.01. The van der Waals surface area contributed by atoms with Gasteiger partial charge in [0, 0.05) is 24.3 Å². The van der Waals surface area contributed by atoms with E-state index in [-0.39, 0.29) is 12.1 Å². The predicted molar refractivity (Wildman–Crippen MR) is 70.4 cm³/mol.